The molecule has 0 aliphatic heterocycles. The fourth-order valence-corrected chi connectivity index (χ4v) is 5.19. The molecule has 0 spiro atoms. The van der Waals surface area contributed by atoms with E-state index >= 15 is 0 Å². The van der Waals surface area contributed by atoms with Crippen LogP contribution in [0.5, 0.6) is 0 Å². The molecule has 3 heterocycles. The first kappa shape index (κ1) is 18.3. The number of carbonyl (C=O) groups is 1. The summed E-state index contributed by atoms with van der Waals surface area (Å²) in [6.07, 6.45) is 5.46. The van der Waals surface area contributed by atoms with Crippen molar-refractivity contribution in [2.45, 2.75) is 59.8 Å². The first-order chi connectivity index (χ1) is 13.0. The molecule has 6 nitrogen and oxygen atoms in total. The molecule has 0 radical (unpaired) electrons. The summed E-state index contributed by atoms with van der Waals surface area (Å²) in [6.45, 7) is 9.80. The third-order valence-corrected chi connectivity index (χ3v) is 6.72. The van der Waals surface area contributed by atoms with Gasteiger partial charge in [-0.25, -0.2) is 9.97 Å². The van der Waals surface area contributed by atoms with Crippen molar-refractivity contribution in [3.8, 4) is 0 Å². The van der Waals surface area contributed by atoms with Crippen molar-refractivity contribution in [3.63, 3.8) is 0 Å². The lowest BCUT2D eigenvalue weighted by atomic mass is 9.89. The molecule has 1 atom stereocenters. The average molecular weight is 386 g/mol. The van der Waals surface area contributed by atoms with Gasteiger partial charge in [0.15, 0.2) is 5.65 Å². The van der Waals surface area contributed by atoms with Gasteiger partial charge < -0.3 is 4.90 Å². The zero-order valence-corrected chi connectivity index (χ0v) is 17.4. The number of hydrogen-bond acceptors (Lipinski definition) is 5. The zero-order chi connectivity index (χ0) is 19.1. The highest BCUT2D eigenvalue weighted by Crippen LogP contribution is 2.39. The van der Waals surface area contributed by atoms with Gasteiger partial charge in [0, 0.05) is 18.0 Å². The van der Waals surface area contributed by atoms with E-state index in [2.05, 4.69) is 18.9 Å². The molecule has 1 amide bonds. The largest absolute Gasteiger partial charge is 0.336 e. The number of amides is 1. The van der Waals surface area contributed by atoms with Gasteiger partial charge in [-0.05, 0) is 51.0 Å². The minimum atomic E-state index is -0.0836. The van der Waals surface area contributed by atoms with Crippen LogP contribution in [0.2, 0.25) is 0 Å². The smallest absolute Gasteiger partial charge is 0.293 e. The number of aromatic nitrogens is 4. The molecule has 7 heteroatoms. The Kier molecular flexibility index (Phi) is 4.88. The van der Waals surface area contributed by atoms with Gasteiger partial charge in [0.25, 0.3) is 5.91 Å². The van der Waals surface area contributed by atoms with Crippen molar-refractivity contribution in [2.75, 3.05) is 13.1 Å². The maximum atomic E-state index is 12.9. The Morgan fingerprint density at radius 1 is 1.33 bits per heavy atom. The van der Waals surface area contributed by atoms with E-state index in [0.717, 1.165) is 53.9 Å². The van der Waals surface area contributed by atoms with Crippen LogP contribution in [0, 0.1) is 12.8 Å². The number of fused-ring (bicyclic) bond motifs is 5. The van der Waals surface area contributed by atoms with Gasteiger partial charge in [0.05, 0.1) is 5.39 Å². The van der Waals surface area contributed by atoms with Gasteiger partial charge in [0.2, 0.25) is 5.82 Å². The number of unbranched alkanes of at least 4 members (excludes halogenated alkanes) is 1. The SMILES string of the molecule is CCCCN(CC)C(=O)c1nc2c3c4c(sc3nc(C)n2n1)CC[C@@H](C)C4. The molecule has 0 saturated heterocycles. The number of nitrogens with zero attached hydrogens (tertiary/aromatic N) is 5. The molecular weight excluding hydrogens is 358 g/mol. The van der Waals surface area contributed by atoms with E-state index in [0.29, 0.717) is 12.5 Å². The van der Waals surface area contributed by atoms with Crippen LogP contribution in [-0.2, 0) is 12.8 Å². The summed E-state index contributed by atoms with van der Waals surface area (Å²) in [5.41, 5.74) is 2.16. The van der Waals surface area contributed by atoms with Crippen LogP contribution >= 0.6 is 11.3 Å². The summed E-state index contributed by atoms with van der Waals surface area (Å²) in [6, 6.07) is 0. The fraction of sp³-hybridized carbons (Fsp3) is 0.600. The first-order valence-corrected chi connectivity index (χ1v) is 10.8. The number of carbonyl (C=O) groups excluding carboxylic acids is 1. The summed E-state index contributed by atoms with van der Waals surface area (Å²) in [5.74, 6) is 1.66. The van der Waals surface area contributed by atoms with Gasteiger partial charge in [-0.15, -0.1) is 16.4 Å². The van der Waals surface area contributed by atoms with Gasteiger partial charge in [-0.1, -0.05) is 20.3 Å². The molecule has 0 fully saturated rings. The molecule has 0 bridgehead atoms. The lowest BCUT2D eigenvalue weighted by molar-refractivity contribution is 0.0750. The van der Waals surface area contributed by atoms with Crippen molar-refractivity contribution in [1.29, 1.82) is 0 Å². The molecule has 144 valence electrons. The lowest BCUT2D eigenvalue weighted by Crippen LogP contribution is -2.32. The van der Waals surface area contributed by atoms with Gasteiger partial charge in [0.1, 0.15) is 10.7 Å². The lowest BCUT2D eigenvalue weighted by Gasteiger charge is -2.18. The van der Waals surface area contributed by atoms with E-state index in [1.807, 2.05) is 18.7 Å². The highest BCUT2D eigenvalue weighted by Gasteiger charge is 2.26. The molecule has 3 aromatic rings. The van der Waals surface area contributed by atoms with Crippen molar-refractivity contribution in [3.05, 3.63) is 22.1 Å². The van der Waals surface area contributed by atoms with Crippen LogP contribution in [-0.4, -0.2) is 43.5 Å². The first-order valence-electron chi connectivity index (χ1n) is 10.00. The maximum Gasteiger partial charge on any atom is 0.293 e. The summed E-state index contributed by atoms with van der Waals surface area (Å²) >= 11 is 1.78. The zero-order valence-electron chi connectivity index (χ0n) is 16.6. The third-order valence-electron chi connectivity index (χ3n) is 5.53. The summed E-state index contributed by atoms with van der Waals surface area (Å²) in [7, 11) is 0. The van der Waals surface area contributed by atoms with Crippen molar-refractivity contribution >= 4 is 33.1 Å². The average Bonchev–Trinajstić information content (AvgIpc) is 3.23. The van der Waals surface area contributed by atoms with Gasteiger partial charge >= 0.3 is 0 Å². The summed E-state index contributed by atoms with van der Waals surface area (Å²) < 4.78 is 1.76. The highest BCUT2D eigenvalue weighted by molar-refractivity contribution is 7.19. The fourth-order valence-electron chi connectivity index (χ4n) is 3.93. The van der Waals surface area contributed by atoms with E-state index in [9.17, 15) is 4.79 Å². The van der Waals surface area contributed by atoms with E-state index in [4.69, 9.17) is 9.97 Å². The molecule has 4 rings (SSSR count). The van der Waals surface area contributed by atoms with Crippen molar-refractivity contribution in [1.82, 2.24) is 24.5 Å². The van der Waals surface area contributed by atoms with Gasteiger partial charge in [-0.3, -0.25) is 4.79 Å². The van der Waals surface area contributed by atoms with Crippen LogP contribution in [0.4, 0.5) is 0 Å². The molecule has 1 aliphatic carbocycles. The van der Waals surface area contributed by atoms with E-state index in [1.54, 1.807) is 15.9 Å². The second kappa shape index (κ2) is 7.19. The highest BCUT2D eigenvalue weighted by atomic mass is 32.1. The van der Waals surface area contributed by atoms with Crippen LogP contribution in [0.25, 0.3) is 15.9 Å². The number of thiophene rings is 1. The van der Waals surface area contributed by atoms with E-state index in [1.165, 1.54) is 16.9 Å². The molecule has 0 aromatic carbocycles. The second-order valence-electron chi connectivity index (χ2n) is 7.60. The monoisotopic (exact) mass is 385 g/mol. The minimum Gasteiger partial charge on any atom is -0.336 e. The van der Waals surface area contributed by atoms with Crippen LogP contribution < -0.4 is 0 Å². The standard InChI is InChI=1S/C20H27N5OS/c1-5-7-10-24(6-2)20(26)17-22-18-16-14-11-12(3)8-9-15(14)27-19(16)21-13(4)25(18)23-17/h12H,5-11H2,1-4H3/t12-/m1/s1. The Hall–Kier alpha value is -2.02. The predicted octanol–water partition coefficient (Wildman–Crippen LogP) is 4.03. The van der Waals surface area contributed by atoms with Crippen molar-refractivity contribution < 1.29 is 4.79 Å². The molecule has 27 heavy (non-hydrogen) atoms. The van der Waals surface area contributed by atoms with Crippen LogP contribution in [0.1, 0.15) is 66.9 Å². The van der Waals surface area contributed by atoms with Crippen LogP contribution in [0.3, 0.4) is 0 Å². The normalized spacial score (nSPS) is 16.8. The molecule has 0 unspecified atom stereocenters. The van der Waals surface area contributed by atoms with Crippen LogP contribution in [0.15, 0.2) is 0 Å². The topological polar surface area (TPSA) is 63.4 Å². The Labute approximate surface area is 163 Å². The third kappa shape index (κ3) is 3.12. The van der Waals surface area contributed by atoms with E-state index < -0.39 is 0 Å². The Morgan fingerprint density at radius 2 is 2.15 bits per heavy atom. The summed E-state index contributed by atoms with van der Waals surface area (Å²) in [4.78, 5) is 26.7. The molecule has 0 N–H and O–H groups in total. The Bertz CT molecular complexity index is 1010. The predicted molar refractivity (Wildman–Crippen MR) is 109 cm³/mol. The minimum absolute atomic E-state index is 0.0836. The number of rotatable bonds is 5. The Morgan fingerprint density at radius 3 is 2.89 bits per heavy atom. The van der Waals surface area contributed by atoms with Gasteiger partial charge in [-0.2, -0.15) is 4.52 Å². The molecular formula is C20H27N5OS. The number of hydrogen-bond donors (Lipinski definition) is 0. The molecule has 1 aliphatic rings. The van der Waals surface area contributed by atoms with E-state index in [-0.39, 0.29) is 11.7 Å². The molecule has 0 saturated carbocycles. The maximum absolute atomic E-state index is 12.9. The summed E-state index contributed by atoms with van der Waals surface area (Å²) in [5, 5.41) is 5.65. The molecule has 3 aromatic heterocycles. The second-order valence-corrected chi connectivity index (χ2v) is 8.68. The number of aryl methyl sites for hydroxylation is 2. The van der Waals surface area contributed by atoms with Crippen molar-refractivity contribution in [2.24, 2.45) is 5.92 Å². The quantitative estimate of drug-likeness (QED) is 0.665. The Balaban J connectivity index is 1.84.